The highest BCUT2D eigenvalue weighted by atomic mass is 32.2. The van der Waals surface area contributed by atoms with Gasteiger partial charge in [0.2, 0.25) is 0 Å². The van der Waals surface area contributed by atoms with Crippen LogP contribution in [-0.2, 0) is 0 Å². The van der Waals surface area contributed by atoms with Crippen LogP contribution in [0.15, 0.2) is 53.4 Å². The average Bonchev–Trinajstić information content (AvgIpc) is 2.41. The van der Waals surface area contributed by atoms with Gasteiger partial charge in [-0.25, -0.2) is 9.18 Å². The molecule has 0 saturated heterocycles. The van der Waals surface area contributed by atoms with E-state index in [2.05, 4.69) is 5.32 Å². The number of carbonyl (C=O) groups excluding carboxylic acids is 1. The zero-order chi connectivity index (χ0) is 13.7. The Kier molecular flexibility index (Phi) is 4.41. The molecular formula is C14H12FNO2S. The average molecular weight is 277 g/mol. The Hall–Kier alpha value is -2.01. The van der Waals surface area contributed by atoms with Gasteiger partial charge in [-0.2, -0.15) is 0 Å². The minimum atomic E-state index is -0.607. The summed E-state index contributed by atoms with van der Waals surface area (Å²) in [6.45, 7) is 0. The standard InChI is InChI=1S/C14H12FNO2S/c1-19-13-4-2-3-11(9-13)16-14(17)18-12-7-5-10(15)6-8-12/h2-9H,1H3,(H,16,17). The quantitative estimate of drug-likeness (QED) is 0.856. The molecule has 0 aliphatic heterocycles. The lowest BCUT2D eigenvalue weighted by Gasteiger charge is -2.07. The van der Waals surface area contributed by atoms with Crippen LogP contribution in [-0.4, -0.2) is 12.3 Å². The molecule has 98 valence electrons. The Morgan fingerprint density at radius 2 is 1.95 bits per heavy atom. The lowest BCUT2D eigenvalue weighted by Crippen LogP contribution is -2.16. The zero-order valence-corrected chi connectivity index (χ0v) is 11.0. The van der Waals surface area contributed by atoms with E-state index in [0.717, 1.165) is 4.90 Å². The van der Waals surface area contributed by atoms with E-state index in [0.29, 0.717) is 11.4 Å². The number of amides is 1. The van der Waals surface area contributed by atoms with Gasteiger partial charge >= 0.3 is 6.09 Å². The van der Waals surface area contributed by atoms with Gasteiger partial charge in [0.15, 0.2) is 0 Å². The molecule has 1 amide bonds. The normalized spacial score (nSPS) is 10.0. The van der Waals surface area contributed by atoms with Crippen molar-refractivity contribution < 1.29 is 13.9 Å². The number of carbonyl (C=O) groups is 1. The maximum Gasteiger partial charge on any atom is 0.417 e. The van der Waals surface area contributed by atoms with Gasteiger partial charge < -0.3 is 4.74 Å². The molecule has 0 heterocycles. The molecule has 2 aromatic carbocycles. The summed E-state index contributed by atoms with van der Waals surface area (Å²) in [5.74, 6) is -0.0830. The molecule has 5 heteroatoms. The Balaban J connectivity index is 1.99. The third-order valence-electron chi connectivity index (χ3n) is 2.34. The second-order valence-electron chi connectivity index (χ2n) is 3.70. The molecule has 0 spiro atoms. The maximum absolute atomic E-state index is 12.7. The van der Waals surface area contributed by atoms with Crippen molar-refractivity contribution >= 4 is 23.5 Å². The summed E-state index contributed by atoms with van der Waals surface area (Å²) in [5, 5.41) is 2.61. The molecule has 2 aromatic rings. The molecule has 2 rings (SSSR count). The Bertz CT molecular complexity index is 572. The number of benzene rings is 2. The molecule has 0 aliphatic carbocycles. The summed E-state index contributed by atoms with van der Waals surface area (Å²) >= 11 is 1.58. The highest BCUT2D eigenvalue weighted by Gasteiger charge is 2.05. The number of nitrogens with one attached hydrogen (secondary N) is 1. The SMILES string of the molecule is CSc1cccc(NC(=O)Oc2ccc(F)cc2)c1. The molecule has 0 atom stereocenters. The molecular weight excluding hydrogens is 265 g/mol. The highest BCUT2D eigenvalue weighted by Crippen LogP contribution is 2.19. The van der Waals surface area contributed by atoms with Gasteiger partial charge in [0.1, 0.15) is 11.6 Å². The van der Waals surface area contributed by atoms with E-state index >= 15 is 0 Å². The Labute approximate surface area is 114 Å². The number of hydrogen-bond acceptors (Lipinski definition) is 3. The maximum atomic E-state index is 12.7. The highest BCUT2D eigenvalue weighted by molar-refractivity contribution is 7.98. The topological polar surface area (TPSA) is 38.3 Å². The summed E-state index contributed by atoms with van der Waals surface area (Å²) in [6, 6.07) is 12.7. The third-order valence-corrected chi connectivity index (χ3v) is 3.07. The van der Waals surface area contributed by atoms with Crippen LogP contribution in [0.5, 0.6) is 5.75 Å². The third kappa shape index (κ3) is 3.99. The van der Waals surface area contributed by atoms with Crippen molar-refractivity contribution in [2.24, 2.45) is 0 Å². The van der Waals surface area contributed by atoms with Crippen LogP contribution in [0.25, 0.3) is 0 Å². The summed E-state index contributed by atoms with van der Waals surface area (Å²) in [4.78, 5) is 12.7. The van der Waals surface area contributed by atoms with Crippen molar-refractivity contribution in [3.05, 3.63) is 54.3 Å². The molecule has 0 unspecified atom stereocenters. The molecule has 3 nitrogen and oxygen atoms in total. The van der Waals surface area contributed by atoms with E-state index in [9.17, 15) is 9.18 Å². The van der Waals surface area contributed by atoms with Gasteiger partial charge in [0, 0.05) is 10.6 Å². The van der Waals surface area contributed by atoms with Crippen LogP contribution < -0.4 is 10.1 Å². The largest absolute Gasteiger partial charge is 0.417 e. The number of hydrogen-bond donors (Lipinski definition) is 1. The molecule has 0 aromatic heterocycles. The number of thioether (sulfide) groups is 1. The minimum absolute atomic E-state index is 0.292. The predicted molar refractivity (Wildman–Crippen MR) is 74.3 cm³/mol. The van der Waals surface area contributed by atoms with E-state index in [-0.39, 0.29) is 5.82 Å². The molecule has 0 saturated carbocycles. The van der Waals surface area contributed by atoms with Crippen LogP contribution in [0, 0.1) is 5.82 Å². The number of ether oxygens (including phenoxy) is 1. The van der Waals surface area contributed by atoms with Crippen molar-refractivity contribution in [3.63, 3.8) is 0 Å². The fourth-order valence-electron chi connectivity index (χ4n) is 1.45. The van der Waals surface area contributed by atoms with Crippen molar-refractivity contribution in [2.45, 2.75) is 4.90 Å². The van der Waals surface area contributed by atoms with Gasteiger partial charge in [-0.3, -0.25) is 5.32 Å². The second-order valence-corrected chi connectivity index (χ2v) is 4.58. The summed E-state index contributed by atoms with van der Waals surface area (Å²) in [7, 11) is 0. The molecule has 0 aliphatic rings. The summed E-state index contributed by atoms with van der Waals surface area (Å²) in [6.07, 6.45) is 1.35. The molecule has 0 fully saturated rings. The molecule has 19 heavy (non-hydrogen) atoms. The fourth-order valence-corrected chi connectivity index (χ4v) is 1.91. The van der Waals surface area contributed by atoms with E-state index < -0.39 is 6.09 Å². The minimum Gasteiger partial charge on any atom is -0.410 e. The van der Waals surface area contributed by atoms with E-state index in [1.165, 1.54) is 24.3 Å². The van der Waals surface area contributed by atoms with Crippen LogP contribution in [0.2, 0.25) is 0 Å². The van der Waals surface area contributed by atoms with Crippen LogP contribution >= 0.6 is 11.8 Å². The Morgan fingerprint density at radius 3 is 2.63 bits per heavy atom. The number of rotatable bonds is 3. The summed E-state index contributed by atoms with van der Waals surface area (Å²) in [5.41, 5.74) is 0.652. The van der Waals surface area contributed by atoms with Gasteiger partial charge in [-0.1, -0.05) is 6.07 Å². The first-order valence-corrected chi connectivity index (χ1v) is 6.78. The smallest absolute Gasteiger partial charge is 0.410 e. The molecule has 1 N–H and O–H groups in total. The van der Waals surface area contributed by atoms with E-state index in [4.69, 9.17) is 4.74 Å². The van der Waals surface area contributed by atoms with Gasteiger partial charge in [-0.05, 0) is 48.7 Å². The van der Waals surface area contributed by atoms with Crippen LogP contribution in [0.4, 0.5) is 14.9 Å². The summed E-state index contributed by atoms with van der Waals surface area (Å²) < 4.78 is 17.7. The monoisotopic (exact) mass is 277 g/mol. The van der Waals surface area contributed by atoms with Crippen molar-refractivity contribution in [1.82, 2.24) is 0 Å². The number of halogens is 1. The van der Waals surface area contributed by atoms with E-state index in [1.54, 1.807) is 17.8 Å². The van der Waals surface area contributed by atoms with Gasteiger partial charge in [0.25, 0.3) is 0 Å². The first-order valence-electron chi connectivity index (χ1n) is 5.56. The van der Waals surface area contributed by atoms with Gasteiger partial charge in [-0.15, -0.1) is 11.8 Å². The zero-order valence-electron chi connectivity index (χ0n) is 10.2. The van der Waals surface area contributed by atoms with Crippen molar-refractivity contribution in [2.75, 3.05) is 11.6 Å². The fraction of sp³-hybridized carbons (Fsp3) is 0.0714. The first kappa shape index (κ1) is 13.4. The van der Waals surface area contributed by atoms with Crippen LogP contribution in [0.3, 0.4) is 0 Å². The molecule has 0 bridgehead atoms. The number of anilines is 1. The first-order chi connectivity index (χ1) is 9.17. The van der Waals surface area contributed by atoms with Crippen LogP contribution in [0.1, 0.15) is 0 Å². The molecule has 0 radical (unpaired) electrons. The van der Waals surface area contributed by atoms with Gasteiger partial charge in [0.05, 0.1) is 0 Å². The Morgan fingerprint density at radius 1 is 1.21 bits per heavy atom. The van der Waals surface area contributed by atoms with Crippen molar-refractivity contribution in [3.8, 4) is 5.75 Å². The lowest BCUT2D eigenvalue weighted by atomic mass is 10.3. The van der Waals surface area contributed by atoms with E-state index in [1.807, 2.05) is 24.5 Å². The second kappa shape index (κ2) is 6.24. The lowest BCUT2D eigenvalue weighted by molar-refractivity contribution is 0.215. The predicted octanol–water partition coefficient (Wildman–Crippen LogP) is 4.16. The van der Waals surface area contributed by atoms with Crippen molar-refractivity contribution in [1.29, 1.82) is 0 Å².